The van der Waals surface area contributed by atoms with Crippen LogP contribution in [0.1, 0.15) is 25.0 Å². The number of alkyl halides is 1. The number of hydrogen-bond donors (Lipinski definition) is 1. The fourth-order valence-electron chi connectivity index (χ4n) is 2.30. The Morgan fingerprint density at radius 3 is 2.12 bits per heavy atom. The highest BCUT2D eigenvalue weighted by Gasteiger charge is 2.23. The maximum Gasteiger partial charge on any atom is 0.335 e. The summed E-state index contributed by atoms with van der Waals surface area (Å²) in [6.07, 6.45) is 1.53. The minimum absolute atomic E-state index is 0.214. The number of benzene rings is 2. The van der Waals surface area contributed by atoms with E-state index in [-0.39, 0.29) is 11.2 Å². The second-order valence-corrected chi connectivity index (χ2v) is 6.74. The number of hydrogen-bond acceptors (Lipinski definition) is 4. The molecule has 1 aliphatic heterocycles. The summed E-state index contributed by atoms with van der Waals surface area (Å²) in [5, 5.41) is 9.38. The molecule has 1 fully saturated rings. The first kappa shape index (κ1) is 20.0. The molecular formula is C21H23ClO4. The summed E-state index contributed by atoms with van der Waals surface area (Å²) in [4.78, 5) is 11.2. The number of esters is 1. The van der Waals surface area contributed by atoms with Crippen LogP contribution in [0.3, 0.4) is 0 Å². The van der Waals surface area contributed by atoms with Crippen molar-refractivity contribution in [3.05, 3.63) is 72.3 Å². The molecule has 2 aromatic rings. The van der Waals surface area contributed by atoms with Gasteiger partial charge in [0.2, 0.25) is 0 Å². The summed E-state index contributed by atoms with van der Waals surface area (Å²) in [6, 6.07) is 14.5. The molecule has 1 atom stereocenters. The first-order chi connectivity index (χ1) is 12.4. The maximum atomic E-state index is 11.2. The number of aromatic hydroxyl groups is 1. The first-order valence-corrected chi connectivity index (χ1v) is 8.82. The Bertz CT molecular complexity index is 732. The highest BCUT2D eigenvalue weighted by Crippen LogP contribution is 2.33. The summed E-state index contributed by atoms with van der Waals surface area (Å²) >= 11 is 5.27. The molecule has 1 N–H and O–H groups in total. The lowest BCUT2D eigenvalue weighted by Gasteiger charge is -2.26. The highest BCUT2D eigenvalue weighted by molar-refractivity contribution is 6.18. The molecular weight excluding hydrogens is 352 g/mol. The molecule has 0 aliphatic carbocycles. The molecule has 0 bridgehead atoms. The number of phenols is 1. The van der Waals surface area contributed by atoms with Crippen LogP contribution in [0.25, 0.3) is 0 Å². The first-order valence-electron chi connectivity index (χ1n) is 8.28. The van der Waals surface area contributed by atoms with E-state index < -0.39 is 5.97 Å². The van der Waals surface area contributed by atoms with Gasteiger partial charge < -0.3 is 14.6 Å². The van der Waals surface area contributed by atoms with E-state index >= 15 is 0 Å². The molecule has 138 valence electrons. The van der Waals surface area contributed by atoms with E-state index in [9.17, 15) is 9.90 Å². The second kappa shape index (κ2) is 8.88. The minimum atomic E-state index is -0.472. The Balaban J connectivity index is 0.000000417. The third-order valence-electron chi connectivity index (χ3n) is 4.12. The van der Waals surface area contributed by atoms with Gasteiger partial charge in [0.15, 0.2) is 0 Å². The maximum absolute atomic E-state index is 11.2. The Morgan fingerprint density at radius 2 is 1.73 bits per heavy atom. The number of carbonyl (C=O) groups is 1. The summed E-state index contributed by atoms with van der Waals surface area (Å²) in [5.41, 5.74) is 1.97. The van der Waals surface area contributed by atoms with E-state index in [1.54, 1.807) is 24.3 Å². The predicted molar refractivity (Wildman–Crippen MR) is 103 cm³/mol. The number of rotatable bonds is 5. The Kier molecular flexibility index (Phi) is 6.83. The second-order valence-electron chi connectivity index (χ2n) is 6.43. The number of carbonyl (C=O) groups excluding carboxylic acids is 1. The third-order valence-corrected chi connectivity index (χ3v) is 4.47. The van der Waals surface area contributed by atoms with Crippen LogP contribution >= 0.6 is 11.6 Å². The van der Waals surface area contributed by atoms with Gasteiger partial charge in [-0.05, 0) is 35.4 Å². The Labute approximate surface area is 159 Å². The number of ether oxygens (including phenoxy) is 2. The molecule has 1 unspecified atom stereocenters. The molecule has 4 nitrogen and oxygen atoms in total. The van der Waals surface area contributed by atoms with E-state index in [4.69, 9.17) is 21.1 Å². The number of phenolic OH excluding ortho intramolecular Hbond substituents is 1. The van der Waals surface area contributed by atoms with Gasteiger partial charge in [-0.1, -0.05) is 44.7 Å². The largest absolute Gasteiger partial charge is 0.508 e. The molecule has 5 heteroatoms. The van der Waals surface area contributed by atoms with E-state index in [1.165, 1.54) is 0 Å². The zero-order valence-corrected chi connectivity index (χ0v) is 15.7. The van der Waals surface area contributed by atoms with Gasteiger partial charge in [-0.15, -0.1) is 11.6 Å². The zero-order valence-electron chi connectivity index (χ0n) is 14.9. The van der Waals surface area contributed by atoms with Crippen LogP contribution in [0.4, 0.5) is 0 Å². The average molecular weight is 375 g/mol. The van der Waals surface area contributed by atoms with Crippen molar-refractivity contribution >= 4 is 17.6 Å². The third kappa shape index (κ3) is 5.61. The molecule has 0 amide bonds. The van der Waals surface area contributed by atoms with Gasteiger partial charge >= 0.3 is 5.97 Å². The SMILES string of the molecule is C=CC(=O)Oc1ccc(C(C)(C)c2ccc(O)cc2)cc1.ClCC1CO1. The predicted octanol–water partition coefficient (Wildman–Crippen LogP) is 4.43. The molecule has 26 heavy (non-hydrogen) atoms. The lowest BCUT2D eigenvalue weighted by molar-refractivity contribution is -0.128. The molecule has 1 saturated heterocycles. The normalized spacial score (nSPS) is 15.4. The number of halogens is 1. The zero-order chi connectivity index (χ0) is 19.2. The van der Waals surface area contributed by atoms with Gasteiger partial charge in [-0.2, -0.15) is 0 Å². The molecule has 1 heterocycles. The molecule has 0 spiro atoms. The summed E-state index contributed by atoms with van der Waals surface area (Å²) < 4.78 is 9.79. The molecule has 1 aliphatic rings. The molecule has 0 radical (unpaired) electrons. The topological polar surface area (TPSA) is 59.1 Å². The van der Waals surface area contributed by atoms with Gasteiger partial charge in [0.05, 0.1) is 18.6 Å². The van der Waals surface area contributed by atoms with Crippen molar-refractivity contribution < 1.29 is 19.4 Å². The lowest BCUT2D eigenvalue weighted by Crippen LogP contribution is -2.18. The van der Waals surface area contributed by atoms with Crippen molar-refractivity contribution in [3.63, 3.8) is 0 Å². The summed E-state index contributed by atoms with van der Waals surface area (Å²) in [7, 11) is 0. The van der Waals surface area contributed by atoms with E-state index in [0.29, 0.717) is 17.7 Å². The van der Waals surface area contributed by atoms with Crippen molar-refractivity contribution in [2.45, 2.75) is 25.4 Å². The van der Waals surface area contributed by atoms with Gasteiger partial charge in [-0.3, -0.25) is 0 Å². The smallest absolute Gasteiger partial charge is 0.335 e. The van der Waals surface area contributed by atoms with Crippen molar-refractivity contribution in [2.24, 2.45) is 0 Å². The molecule has 2 aromatic carbocycles. The standard InChI is InChI=1S/C18H18O3.C3H5ClO/c1-4-17(20)21-16-11-7-14(8-12-16)18(2,3)13-5-9-15(19)10-6-13;4-1-3-2-5-3/h4-12,19H,1H2,2-3H3;3H,1-2H2. The Morgan fingerprint density at radius 1 is 1.23 bits per heavy atom. The van der Waals surface area contributed by atoms with E-state index in [1.807, 2.05) is 24.3 Å². The van der Waals surface area contributed by atoms with Crippen LogP contribution < -0.4 is 4.74 Å². The van der Waals surface area contributed by atoms with Crippen LogP contribution in [0.15, 0.2) is 61.2 Å². The van der Waals surface area contributed by atoms with Crippen LogP contribution in [-0.2, 0) is 14.9 Å². The fourth-order valence-corrected chi connectivity index (χ4v) is 2.48. The minimum Gasteiger partial charge on any atom is -0.508 e. The quantitative estimate of drug-likeness (QED) is 0.276. The van der Waals surface area contributed by atoms with Gasteiger partial charge in [0, 0.05) is 11.5 Å². The average Bonchev–Trinajstić information content (AvgIpc) is 3.47. The van der Waals surface area contributed by atoms with Crippen LogP contribution in [0.5, 0.6) is 11.5 Å². The van der Waals surface area contributed by atoms with Crippen molar-refractivity contribution in [3.8, 4) is 11.5 Å². The molecule has 3 rings (SSSR count). The van der Waals surface area contributed by atoms with Gasteiger partial charge in [0.1, 0.15) is 11.5 Å². The Hall–Kier alpha value is -2.30. The van der Waals surface area contributed by atoms with Crippen LogP contribution in [-0.4, -0.2) is 29.7 Å². The highest BCUT2D eigenvalue weighted by atomic mass is 35.5. The van der Waals surface area contributed by atoms with Gasteiger partial charge in [-0.25, -0.2) is 4.79 Å². The van der Waals surface area contributed by atoms with Gasteiger partial charge in [0.25, 0.3) is 0 Å². The summed E-state index contributed by atoms with van der Waals surface area (Å²) in [6.45, 7) is 8.45. The van der Waals surface area contributed by atoms with Crippen LogP contribution in [0, 0.1) is 0 Å². The summed E-state index contributed by atoms with van der Waals surface area (Å²) in [5.74, 6) is 0.937. The van der Waals surface area contributed by atoms with E-state index in [2.05, 4.69) is 20.4 Å². The monoisotopic (exact) mass is 374 g/mol. The van der Waals surface area contributed by atoms with Crippen molar-refractivity contribution in [1.29, 1.82) is 0 Å². The molecule has 0 aromatic heterocycles. The fraction of sp³-hybridized carbons (Fsp3) is 0.286. The van der Waals surface area contributed by atoms with E-state index in [0.717, 1.165) is 23.8 Å². The molecule has 0 saturated carbocycles. The number of epoxide rings is 1. The van der Waals surface area contributed by atoms with Crippen molar-refractivity contribution in [2.75, 3.05) is 12.5 Å². The van der Waals surface area contributed by atoms with Crippen LogP contribution in [0.2, 0.25) is 0 Å². The lowest BCUT2D eigenvalue weighted by atomic mass is 9.78. The van der Waals surface area contributed by atoms with Crippen molar-refractivity contribution in [1.82, 2.24) is 0 Å².